The monoisotopic (exact) mass is 390 g/mol. The minimum atomic E-state index is -4.59. The zero-order chi connectivity index (χ0) is 20.3. The summed E-state index contributed by atoms with van der Waals surface area (Å²) in [7, 11) is 0. The molecule has 148 valence electrons. The molecule has 0 spiro atoms. The van der Waals surface area contributed by atoms with E-state index in [2.05, 4.69) is 15.4 Å². The Bertz CT molecular complexity index is 977. The minimum Gasteiger partial charge on any atom is -0.321 e. The van der Waals surface area contributed by atoms with Crippen LogP contribution in [0.3, 0.4) is 0 Å². The minimum absolute atomic E-state index is 0.287. The number of benzene rings is 1. The summed E-state index contributed by atoms with van der Waals surface area (Å²) in [6.45, 7) is 4.00. The molecule has 0 radical (unpaired) electrons. The summed E-state index contributed by atoms with van der Waals surface area (Å²) in [5.74, 6) is -0.693. The Kier molecular flexibility index (Phi) is 5.67. The number of alkyl halides is 3. The third-order valence-corrected chi connectivity index (χ3v) is 4.50. The van der Waals surface area contributed by atoms with Crippen LogP contribution in [-0.2, 0) is 6.18 Å². The first-order valence-electron chi connectivity index (χ1n) is 9.25. The number of hydrogen-bond donors (Lipinski definition) is 1. The van der Waals surface area contributed by atoms with Gasteiger partial charge >= 0.3 is 6.18 Å². The van der Waals surface area contributed by atoms with E-state index in [1.54, 1.807) is 18.2 Å². The molecule has 0 saturated heterocycles. The SMILES string of the molecule is CC.O=C(Nc1ccc2nn(C3CCC3)cc2c1)c1cccc(C(F)(F)F)n1. The fraction of sp³-hybridized carbons (Fsp3) is 0.350. The lowest BCUT2D eigenvalue weighted by Gasteiger charge is -2.25. The van der Waals surface area contributed by atoms with Crippen molar-refractivity contribution in [3.05, 3.63) is 54.0 Å². The molecule has 0 bridgehead atoms. The van der Waals surface area contributed by atoms with Crippen molar-refractivity contribution in [2.75, 3.05) is 5.32 Å². The molecule has 8 heteroatoms. The van der Waals surface area contributed by atoms with Gasteiger partial charge in [-0.05, 0) is 49.6 Å². The van der Waals surface area contributed by atoms with Crippen LogP contribution in [0.25, 0.3) is 10.9 Å². The Balaban J connectivity index is 0.00000109. The second-order valence-corrected chi connectivity index (χ2v) is 6.33. The largest absolute Gasteiger partial charge is 0.433 e. The van der Waals surface area contributed by atoms with Gasteiger partial charge < -0.3 is 5.32 Å². The van der Waals surface area contributed by atoms with Gasteiger partial charge in [0.1, 0.15) is 11.4 Å². The first kappa shape index (κ1) is 19.9. The average Bonchev–Trinajstić information content (AvgIpc) is 3.03. The van der Waals surface area contributed by atoms with E-state index in [0.29, 0.717) is 11.7 Å². The molecule has 28 heavy (non-hydrogen) atoms. The number of hydrogen-bond acceptors (Lipinski definition) is 3. The smallest absolute Gasteiger partial charge is 0.321 e. The molecule has 1 aliphatic rings. The Morgan fingerprint density at radius 1 is 1.18 bits per heavy atom. The normalized spacial score (nSPS) is 14.2. The van der Waals surface area contributed by atoms with E-state index >= 15 is 0 Å². The number of nitrogens with one attached hydrogen (secondary N) is 1. The number of amides is 1. The second kappa shape index (κ2) is 8.00. The van der Waals surface area contributed by atoms with Gasteiger partial charge in [-0.3, -0.25) is 9.48 Å². The van der Waals surface area contributed by atoms with Gasteiger partial charge in [0.2, 0.25) is 0 Å². The highest BCUT2D eigenvalue weighted by Gasteiger charge is 2.33. The lowest BCUT2D eigenvalue weighted by atomic mass is 9.93. The van der Waals surface area contributed by atoms with E-state index in [9.17, 15) is 18.0 Å². The molecule has 0 unspecified atom stereocenters. The Hall–Kier alpha value is -2.90. The molecule has 0 atom stereocenters. The second-order valence-electron chi connectivity index (χ2n) is 6.33. The maximum Gasteiger partial charge on any atom is 0.433 e. The zero-order valence-electron chi connectivity index (χ0n) is 15.6. The predicted molar refractivity (Wildman–Crippen MR) is 101 cm³/mol. The van der Waals surface area contributed by atoms with Crippen molar-refractivity contribution in [3.8, 4) is 0 Å². The topological polar surface area (TPSA) is 59.8 Å². The number of anilines is 1. The van der Waals surface area contributed by atoms with Gasteiger partial charge in [-0.1, -0.05) is 19.9 Å². The summed E-state index contributed by atoms with van der Waals surface area (Å²) in [5.41, 5.74) is -0.0885. The van der Waals surface area contributed by atoms with Crippen LogP contribution in [0.2, 0.25) is 0 Å². The van der Waals surface area contributed by atoms with Crippen molar-refractivity contribution < 1.29 is 18.0 Å². The van der Waals surface area contributed by atoms with Gasteiger partial charge in [-0.15, -0.1) is 0 Å². The molecule has 2 heterocycles. The standard InChI is InChI=1S/C18H15F3N4O.C2H6/c19-18(20,21)16-6-2-5-15(23-16)17(26)22-12-7-8-14-11(9-12)10-25(24-14)13-3-1-4-13;1-2/h2,5-10,13H,1,3-4H2,(H,22,26);1-2H3. The zero-order valence-corrected chi connectivity index (χ0v) is 15.6. The molecule has 1 aromatic carbocycles. The molecular weight excluding hydrogens is 369 g/mol. The summed E-state index contributed by atoms with van der Waals surface area (Å²) in [5, 5.41) is 7.98. The Morgan fingerprint density at radius 3 is 2.57 bits per heavy atom. The molecule has 1 aliphatic carbocycles. The molecule has 5 nitrogen and oxygen atoms in total. The van der Waals surface area contributed by atoms with Crippen LogP contribution >= 0.6 is 0 Å². The van der Waals surface area contributed by atoms with E-state index in [0.717, 1.165) is 35.9 Å². The Labute approximate surface area is 160 Å². The van der Waals surface area contributed by atoms with E-state index in [-0.39, 0.29) is 5.69 Å². The summed E-state index contributed by atoms with van der Waals surface area (Å²) < 4.78 is 40.1. The molecule has 1 fully saturated rings. The van der Waals surface area contributed by atoms with Gasteiger partial charge in [0.05, 0.1) is 11.6 Å². The fourth-order valence-electron chi connectivity index (χ4n) is 2.87. The number of carbonyl (C=O) groups excluding carboxylic acids is 1. The third kappa shape index (κ3) is 4.16. The van der Waals surface area contributed by atoms with Crippen LogP contribution in [0.1, 0.15) is 55.3 Å². The van der Waals surface area contributed by atoms with Crippen LogP contribution in [0.5, 0.6) is 0 Å². The molecule has 2 aromatic heterocycles. The summed E-state index contributed by atoms with van der Waals surface area (Å²) >= 11 is 0. The number of nitrogens with zero attached hydrogens (tertiary/aromatic N) is 3. The highest BCUT2D eigenvalue weighted by atomic mass is 19.4. The van der Waals surface area contributed by atoms with Crippen LogP contribution in [0.4, 0.5) is 18.9 Å². The quantitative estimate of drug-likeness (QED) is 0.647. The molecule has 1 N–H and O–H groups in total. The van der Waals surface area contributed by atoms with Crippen molar-refractivity contribution in [1.82, 2.24) is 14.8 Å². The highest BCUT2D eigenvalue weighted by Crippen LogP contribution is 2.32. The van der Waals surface area contributed by atoms with E-state index < -0.39 is 17.8 Å². The van der Waals surface area contributed by atoms with Crippen LogP contribution in [0, 0.1) is 0 Å². The lowest BCUT2D eigenvalue weighted by Crippen LogP contribution is -2.17. The number of pyridine rings is 1. The Morgan fingerprint density at radius 2 is 1.93 bits per heavy atom. The van der Waals surface area contributed by atoms with Gasteiger partial charge in [0, 0.05) is 17.3 Å². The van der Waals surface area contributed by atoms with Crippen molar-refractivity contribution in [2.45, 2.75) is 45.3 Å². The van der Waals surface area contributed by atoms with Gasteiger partial charge in [0.25, 0.3) is 5.91 Å². The van der Waals surface area contributed by atoms with Crippen LogP contribution in [-0.4, -0.2) is 20.7 Å². The number of carbonyl (C=O) groups is 1. The van der Waals surface area contributed by atoms with Crippen LogP contribution in [0.15, 0.2) is 42.6 Å². The molecule has 0 aliphatic heterocycles. The van der Waals surface area contributed by atoms with Gasteiger partial charge in [-0.25, -0.2) is 4.98 Å². The van der Waals surface area contributed by atoms with Crippen molar-refractivity contribution >= 4 is 22.5 Å². The maximum absolute atomic E-state index is 12.7. The third-order valence-electron chi connectivity index (χ3n) is 4.50. The average molecular weight is 390 g/mol. The molecule has 3 aromatic rings. The van der Waals surface area contributed by atoms with Crippen molar-refractivity contribution in [1.29, 1.82) is 0 Å². The summed E-state index contributed by atoms with van der Waals surface area (Å²) in [4.78, 5) is 15.6. The lowest BCUT2D eigenvalue weighted by molar-refractivity contribution is -0.141. The predicted octanol–water partition coefficient (Wildman–Crippen LogP) is 5.45. The first-order chi connectivity index (χ1) is 13.4. The summed E-state index contributed by atoms with van der Waals surface area (Å²) in [6.07, 6.45) is 0.756. The maximum atomic E-state index is 12.7. The number of aromatic nitrogens is 3. The van der Waals surface area contributed by atoms with Gasteiger partial charge in [0.15, 0.2) is 0 Å². The van der Waals surface area contributed by atoms with Crippen molar-refractivity contribution in [2.24, 2.45) is 0 Å². The van der Waals surface area contributed by atoms with E-state index in [4.69, 9.17) is 0 Å². The van der Waals surface area contributed by atoms with E-state index in [1.165, 1.54) is 12.5 Å². The van der Waals surface area contributed by atoms with Crippen molar-refractivity contribution in [3.63, 3.8) is 0 Å². The number of fused-ring (bicyclic) bond motifs is 1. The molecule has 1 amide bonds. The molecule has 4 rings (SSSR count). The fourth-order valence-corrected chi connectivity index (χ4v) is 2.87. The molecule has 1 saturated carbocycles. The molecular formula is C20H21F3N4O. The number of halogens is 3. The van der Waals surface area contributed by atoms with Gasteiger partial charge in [-0.2, -0.15) is 18.3 Å². The highest BCUT2D eigenvalue weighted by molar-refractivity contribution is 6.03. The summed E-state index contributed by atoms with van der Waals surface area (Å²) in [6, 6.07) is 8.87. The number of rotatable bonds is 3. The first-order valence-corrected chi connectivity index (χ1v) is 9.25. The van der Waals surface area contributed by atoms with Crippen LogP contribution < -0.4 is 5.32 Å². The van der Waals surface area contributed by atoms with E-state index in [1.807, 2.05) is 24.7 Å².